The molecule has 0 aliphatic rings. The molecule has 0 fully saturated rings. The zero-order valence-electron chi connectivity index (χ0n) is 8.29. The van der Waals surface area contributed by atoms with Gasteiger partial charge < -0.3 is 4.98 Å². The van der Waals surface area contributed by atoms with Gasteiger partial charge in [-0.05, 0) is 18.2 Å². The van der Waals surface area contributed by atoms with E-state index in [0.717, 1.165) is 5.69 Å². The second kappa shape index (κ2) is 3.30. The van der Waals surface area contributed by atoms with Gasteiger partial charge in [0, 0.05) is 18.6 Å². The summed E-state index contributed by atoms with van der Waals surface area (Å²) in [6, 6.07) is 7.31. The summed E-state index contributed by atoms with van der Waals surface area (Å²) in [7, 11) is 0. The molecule has 3 rings (SSSR count). The molecule has 0 aliphatic carbocycles. The van der Waals surface area contributed by atoms with Crippen molar-refractivity contribution in [1.29, 1.82) is 0 Å². The lowest BCUT2D eigenvalue weighted by atomic mass is 10.3. The first-order valence-corrected chi connectivity index (χ1v) is 4.83. The van der Waals surface area contributed by atoms with Gasteiger partial charge in [0.05, 0.1) is 5.69 Å². The fourth-order valence-electron chi connectivity index (χ4n) is 1.57. The third-order valence-electron chi connectivity index (χ3n) is 2.33. The van der Waals surface area contributed by atoms with Crippen LogP contribution in [0.3, 0.4) is 0 Å². The van der Waals surface area contributed by atoms with Crippen molar-refractivity contribution in [2.45, 2.75) is 0 Å². The molecule has 0 saturated carbocycles. The van der Waals surface area contributed by atoms with Crippen molar-refractivity contribution in [3.05, 3.63) is 53.2 Å². The summed E-state index contributed by atoms with van der Waals surface area (Å²) < 4.78 is 1.54. The van der Waals surface area contributed by atoms with E-state index >= 15 is 0 Å². The molecule has 0 amide bonds. The van der Waals surface area contributed by atoms with Crippen molar-refractivity contribution in [3.63, 3.8) is 0 Å². The van der Waals surface area contributed by atoms with Crippen LogP contribution in [0.15, 0.2) is 47.7 Å². The molecule has 5 nitrogen and oxygen atoms in total. The predicted molar refractivity (Wildman–Crippen MR) is 59.0 cm³/mol. The smallest absolute Gasteiger partial charge is 0.273 e. The highest BCUT2D eigenvalue weighted by Crippen LogP contribution is 2.14. The molecule has 0 saturated heterocycles. The zero-order chi connectivity index (χ0) is 11.0. The topological polar surface area (TPSA) is 63.0 Å². The predicted octanol–water partition coefficient (Wildman–Crippen LogP) is 1.08. The van der Waals surface area contributed by atoms with Crippen LogP contribution in [0, 0.1) is 0 Å². The second-order valence-corrected chi connectivity index (χ2v) is 3.36. The number of pyridine rings is 1. The number of aromatic nitrogens is 4. The molecular formula is C11H8N4O. The van der Waals surface area contributed by atoms with Gasteiger partial charge in [0.25, 0.3) is 5.56 Å². The van der Waals surface area contributed by atoms with Crippen molar-refractivity contribution in [2.24, 2.45) is 0 Å². The molecule has 0 spiro atoms. The average Bonchev–Trinajstić information content (AvgIpc) is 2.76. The first-order chi connectivity index (χ1) is 7.84. The van der Waals surface area contributed by atoms with E-state index in [1.165, 1.54) is 0 Å². The molecule has 0 aliphatic heterocycles. The first-order valence-electron chi connectivity index (χ1n) is 4.83. The maximum atomic E-state index is 11.5. The van der Waals surface area contributed by atoms with Gasteiger partial charge in [0.1, 0.15) is 11.2 Å². The summed E-state index contributed by atoms with van der Waals surface area (Å²) in [5, 5.41) is 4.28. The van der Waals surface area contributed by atoms with Gasteiger partial charge in [0.2, 0.25) is 0 Å². The van der Waals surface area contributed by atoms with Crippen molar-refractivity contribution >= 4 is 5.52 Å². The number of nitrogens with zero attached hydrogens (tertiary/aromatic N) is 3. The van der Waals surface area contributed by atoms with Crippen molar-refractivity contribution in [2.75, 3.05) is 0 Å². The highest BCUT2D eigenvalue weighted by atomic mass is 16.1. The van der Waals surface area contributed by atoms with Crippen LogP contribution in [0.2, 0.25) is 0 Å². The standard InChI is InChI=1S/C11H8N4O/c16-11-10-7-9(8-3-1-2-4-12-8)14-15(10)6-5-13-11/h1-7H,(H,13,16). The SMILES string of the molecule is O=c1[nH]ccn2nc(-c3ccccn3)cc12. The molecule has 0 radical (unpaired) electrons. The Morgan fingerprint density at radius 1 is 1.25 bits per heavy atom. The quantitative estimate of drug-likeness (QED) is 0.656. The zero-order valence-corrected chi connectivity index (χ0v) is 8.29. The molecule has 3 heterocycles. The molecule has 78 valence electrons. The molecule has 0 unspecified atom stereocenters. The normalized spacial score (nSPS) is 10.8. The number of nitrogens with one attached hydrogen (secondary N) is 1. The Morgan fingerprint density at radius 2 is 2.19 bits per heavy atom. The van der Waals surface area contributed by atoms with E-state index in [2.05, 4.69) is 15.1 Å². The number of H-pyrrole nitrogens is 1. The molecule has 1 N–H and O–H groups in total. The van der Waals surface area contributed by atoms with E-state index < -0.39 is 0 Å². The highest BCUT2D eigenvalue weighted by molar-refractivity contribution is 5.61. The summed E-state index contributed by atoms with van der Waals surface area (Å²) in [5.41, 5.74) is 1.81. The van der Waals surface area contributed by atoms with Gasteiger partial charge in [-0.3, -0.25) is 9.78 Å². The largest absolute Gasteiger partial charge is 0.326 e. The van der Waals surface area contributed by atoms with Gasteiger partial charge in [-0.25, -0.2) is 4.52 Å². The maximum absolute atomic E-state index is 11.5. The van der Waals surface area contributed by atoms with Crippen LogP contribution >= 0.6 is 0 Å². The Labute approximate surface area is 90.4 Å². The van der Waals surface area contributed by atoms with Crippen molar-refractivity contribution in [1.82, 2.24) is 19.6 Å². The van der Waals surface area contributed by atoms with Crippen LogP contribution in [0.25, 0.3) is 16.9 Å². The Morgan fingerprint density at radius 3 is 2.94 bits per heavy atom. The van der Waals surface area contributed by atoms with Crippen molar-refractivity contribution < 1.29 is 0 Å². The third kappa shape index (κ3) is 1.30. The number of hydrogen-bond donors (Lipinski definition) is 1. The lowest BCUT2D eigenvalue weighted by Crippen LogP contribution is -2.07. The molecular weight excluding hydrogens is 204 g/mol. The van der Waals surface area contributed by atoms with Crippen molar-refractivity contribution in [3.8, 4) is 11.4 Å². The number of aromatic amines is 1. The minimum absolute atomic E-state index is 0.155. The molecule has 16 heavy (non-hydrogen) atoms. The summed E-state index contributed by atoms with van der Waals surface area (Å²) in [6.45, 7) is 0. The van der Waals surface area contributed by atoms with Crippen LogP contribution < -0.4 is 5.56 Å². The lowest BCUT2D eigenvalue weighted by Gasteiger charge is -1.91. The van der Waals surface area contributed by atoms with Crippen LogP contribution in [-0.2, 0) is 0 Å². The lowest BCUT2D eigenvalue weighted by molar-refractivity contribution is 0.937. The van der Waals surface area contributed by atoms with Crippen LogP contribution in [0.1, 0.15) is 0 Å². The van der Waals surface area contributed by atoms with Gasteiger partial charge in [-0.1, -0.05) is 6.07 Å². The molecule has 3 aromatic rings. The van der Waals surface area contributed by atoms with Gasteiger partial charge in [0.15, 0.2) is 0 Å². The van der Waals surface area contributed by atoms with Gasteiger partial charge >= 0.3 is 0 Å². The Hall–Kier alpha value is -2.43. The van der Waals surface area contributed by atoms with E-state index in [1.54, 1.807) is 29.2 Å². The molecule has 0 bridgehead atoms. The van der Waals surface area contributed by atoms with Gasteiger partial charge in [-0.2, -0.15) is 5.10 Å². The summed E-state index contributed by atoms with van der Waals surface area (Å²) in [6.07, 6.45) is 4.96. The van der Waals surface area contributed by atoms with Crippen LogP contribution in [0.5, 0.6) is 0 Å². The van der Waals surface area contributed by atoms with E-state index in [-0.39, 0.29) is 5.56 Å². The minimum Gasteiger partial charge on any atom is -0.326 e. The van der Waals surface area contributed by atoms with Crippen LogP contribution in [-0.4, -0.2) is 19.6 Å². The monoisotopic (exact) mass is 212 g/mol. The van der Waals surface area contributed by atoms with E-state index in [1.807, 2.05) is 18.2 Å². The Kier molecular flexibility index (Phi) is 1.83. The summed E-state index contributed by atoms with van der Waals surface area (Å²) >= 11 is 0. The fraction of sp³-hybridized carbons (Fsp3) is 0. The Balaban J connectivity index is 2.28. The fourth-order valence-corrected chi connectivity index (χ4v) is 1.57. The molecule has 0 atom stereocenters. The van der Waals surface area contributed by atoms with E-state index in [4.69, 9.17) is 0 Å². The number of fused-ring (bicyclic) bond motifs is 1. The first kappa shape index (κ1) is 8.84. The highest BCUT2D eigenvalue weighted by Gasteiger charge is 2.06. The minimum atomic E-state index is -0.155. The molecule has 3 aromatic heterocycles. The molecule has 0 aromatic carbocycles. The Bertz CT molecular complexity index is 684. The maximum Gasteiger partial charge on any atom is 0.273 e. The third-order valence-corrected chi connectivity index (χ3v) is 2.33. The number of rotatable bonds is 1. The summed E-state index contributed by atoms with van der Waals surface area (Å²) in [4.78, 5) is 18.3. The average molecular weight is 212 g/mol. The number of hydrogen-bond acceptors (Lipinski definition) is 3. The van der Waals surface area contributed by atoms with E-state index in [0.29, 0.717) is 11.2 Å². The van der Waals surface area contributed by atoms with Gasteiger partial charge in [-0.15, -0.1) is 0 Å². The van der Waals surface area contributed by atoms with E-state index in [9.17, 15) is 4.79 Å². The molecule has 5 heteroatoms. The summed E-state index contributed by atoms with van der Waals surface area (Å²) in [5.74, 6) is 0. The van der Waals surface area contributed by atoms with Crippen LogP contribution in [0.4, 0.5) is 0 Å². The second-order valence-electron chi connectivity index (χ2n) is 3.36.